The van der Waals surface area contributed by atoms with Crippen LogP contribution in [0.1, 0.15) is 12.5 Å². The summed E-state index contributed by atoms with van der Waals surface area (Å²) in [4.78, 5) is 27.6. The Hall–Kier alpha value is -2.44. The standard InChI is InChI=1S/C21H22Cl2N2O4/c1-14-12-24(18-11-17(23)6-7-19(18)29-13-21(27)28)8-9-25(14)20(26)10-15-2-4-16(22)5-3-15/h2-7,11,14H,8-10,12-13H2,1H3,(H,27,28)/t14-/m0/s1. The monoisotopic (exact) mass is 436 g/mol. The average molecular weight is 437 g/mol. The molecule has 0 spiro atoms. The zero-order chi connectivity index (χ0) is 21.0. The molecule has 1 aliphatic heterocycles. The molecule has 29 heavy (non-hydrogen) atoms. The van der Waals surface area contributed by atoms with E-state index in [9.17, 15) is 9.59 Å². The summed E-state index contributed by atoms with van der Waals surface area (Å²) in [5, 5.41) is 10.1. The van der Waals surface area contributed by atoms with Gasteiger partial charge >= 0.3 is 5.97 Å². The van der Waals surface area contributed by atoms with Gasteiger partial charge in [-0.2, -0.15) is 0 Å². The number of hydrogen-bond donors (Lipinski definition) is 1. The summed E-state index contributed by atoms with van der Waals surface area (Å²) in [7, 11) is 0. The van der Waals surface area contributed by atoms with Crippen LogP contribution < -0.4 is 9.64 Å². The van der Waals surface area contributed by atoms with E-state index in [0.717, 1.165) is 11.3 Å². The van der Waals surface area contributed by atoms with E-state index in [-0.39, 0.29) is 11.9 Å². The molecule has 6 nitrogen and oxygen atoms in total. The van der Waals surface area contributed by atoms with Gasteiger partial charge in [-0.25, -0.2) is 4.79 Å². The van der Waals surface area contributed by atoms with Gasteiger partial charge in [0, 0.05) is 35.7 Å². The maximum atomic E-state index is 12.8. The molecular formula is C21H22Cl2N2O4. The second-order valence-electron chi connectivity index (χ2n) is 6.98. The van der Waals surface area contributed by atoms with E-state index in [2.05, 4.69) is 4.90 Å². The molecule has 1 atom stereocenters. The van der Waals surface area contributed by atoms with Crippen LogP contribution in [-0.4, -0.2) is 54.2 Å². The summed E-state index contributed by atoms with van der Waals surface area (Å²) < 4.78 is 5.41. The van der Waals surface area contributed by atoms with Gasteiger partial charge in [-0.15, -0.1) is 0 Å². The number of aliphatic carboxylic acids is 1. The summed E-state index contributed by atoms with van der Waals surface area (Å²) in [6, 6.07) is 12.4. The maximum absolute atomic E-state index is 12.8. The number of piperazine rings is 1. The van der Waals surface area contributed by atoms with Crippen LogP contribution in [0.25, 0.3) is 0 Å². The first-order valence-corrected chi connectivity index (χ1v) is 10.0. The molecule has 1 saturated heterocycles. The lowest BCUT2D eigenvalue weighted by Gasteiger charge is -2.41. The van der Waals surface area contributed by atoms with Gasteiger partial charge in [-0.1, -0.05) is 35.3 Å². The van der Waals surface area contributed by atoms with Gasteiger partial charge in [0.25, 0.3) is 0 Å². The summed E-state index contributed by atoms with van der Waals surface area (Å²) >= 11 is 12.0. The van der Waals surface area contributed by atoms with Crippen LogP contribution in [0, 0.1) is 0 Å². The number of carboxylic acids is 1. The Kier molecular flexibility index (Phi) is 6.87. The highest BCUT2D eigenvalue weighted by molar-refractivity contribution is 6.31. The van der Waals surface area contributed by atoms with Gasteiger partial charge < -0.3 is 19.6 Å². The molecule has 0 bridgehead atoms. The van der Waals surface area contributed by atoms with Crippen LogP contribution in [0.3, 0.4) is 0 Å². The highest BCUT2D eigenvalue weighted by Crippen LogP contribution is 2.33. The molecule has 1 fully saturated rings. The fraction of sp³-hybridized carbons (Fsp3) is 0.333. The van der Waals surface area contributed by atoms with Gasteiger partial charge in [-0.05, 0) is 42.8 Å². The molecule has 1 N–H and O–H groups in total. The lowest BCUT2D eigenvalue weighted by atomic mass is 10.1. The second-order valence-corrected chi connectivity index (χ2v) is 7.85. The maximum Gasteiger partial charge on any atom is 0.341 e. The zero-order valence-corrected chi connectivity index (χ0v) is 17.5. The highest BCUT2D eigenvalue weighted by Gasteiger charge is 2.29. The first kappa shape index (κ1) is 21.3. The Morgan fingerprint density at radius 2 is 1.79 bits per heavy atom. The molecule has 0 radical (unpaired) electrons. The van der Waals surface area contributed by atoms with Crippen LogP contribution in [0.4, 0.5) is 5.69 Å². The topological polar surface area (TPSA) is 70.1 Å². The van der Waals surface area contributed by atoms with Crippen molar-refractivity contribution in [2.24, 2.45) is 0 Å². The van der Waals surface area contributed by atoms with Crippen LogP contribution in [0.2, 0.25) is 10.0 Å². The van der Waals surface area contributed by atoms with E-state index < -0.39 is 12.6 Å². The number of benzene rings is 2. The summed E-state index contributed by atoms with van der Waals surface area (Å²) in [6.45, 7) is 3.31. The number of nitrogens with zero attached hydrogens (tertiary/aromatic N) is 2. The number of rotatable bonds is 6. The molecule has 1 amide bonds. The lowest BCUT2D eigenvalue weighted by Crippen LogP contribution is -2.54. The van der Waals surface area contributed by atoms with E-state index in [4.69, 9.17) is 33.0 Å². The van der Waals surface area contributed by atoms with Gasteiger partial charge in [-0.3, -0.25) is 4.79 Å². The molecule has 2 aromatic rings. The Morgan fingerprint density at radius 1 is 1.10 bits per heavy atom. The average Bonchev–Trinajstić information content (AvgIpc) is 2.68. The first-order valence-electron chi connectivity index (χ1n) is 9.26. The number of anilines is 1. The van der Waals surface area contributed by atoms with Crippen LogP contribution in [0.5, 0.6) is 5.75 Å². The van der Waals surface area contributed by atoms with Crippen LogP contribution in [0.15, 0.2) is 42.5 Å². The second kappa shape index (κ2) is 9.37. The van der Waals surface area contributed by atoms with Crippen LogP contribution >= 0.6 is 23.2 Å². The third-order valence-corrected chi connectivity index (χ3v) is 5.32. The Bertz CT molecular complexity index is 889. The Balaban J connectivity index is 1.68. The number of carbonyl (C=O) groups is 2. The predicted octanol–water partition coefficient (Wildman–Crippen LogP) is 3.74. The quantitative estimate of drug-likeness (QED) is 0.746. The van der Waals surface area contributed by atoms with Crippen molar-refractivity contribution in [2.45, 2.75) is 19.4 Å². The van der Waals surface area contributed by atoms with Crippen molar-refractivity contribution in [3.63, 3.8) is 0 Å². The van der Waals surface area contributed by atoms with Crippen molar-refractivity contribution < 1.29 is 19.4 Å². The molecule has 8 heteroatoms. The van der Waals surface area contributed by atoms with E-state index in [1.165, 1.54) is 0 Å². The minimum Gasteiger partial charge on any atom is -0.480 e. The third kappa shape index (κ3) is 5.55. The number of ether oxygens (including phenoxy) is 1. The minimum absolute atomic E-state index is 0.0187. The van der Waals surface area contributed by atoms with E-state index in [1.54, 1.807) is 30.3 Å². The number of carboxylic acid groups (broad SMARTS) is 1. The van der Waals surface area contributed by atoms with Gasteiger partial charge in [0.1, 0.15) is 5.75 Å². The van der Waals surface area contributed by atoms with Crippen LogP contribution in [-0.2, 0) is 16.0 Å². The molecule has 3 rings (SSSR count). The predicted molar refractivity (Wildman–Crippen MR) is 113 cm³/mol. The number of carbonyl (C=O) groups excluding carboxylic acids is 1. The Labute approximate surface area is 179 Å². The number of halogens is 2. The van der Waals surface area contributed by atoms with Crippen molar-refractivity contribution in [2.75, 3.05) is 31.1 Å². The molecule has 0 aliphatic carbocycles. The molecule has 1 aliphatic rings. The molecule has 1 heterocycles. The summed E-state index contributed by atoms with van der Waals surface area (Å²) in [5.41, 5.74) is 1.66. The van der Waals surface area contributed by atoms with Gasteiger partial charge in [0.15, 0.2) is 6.61 Å². The number of hydrogen-bond acceptors (Lipinski definition) is 4. The largest absolute Gasteiger partial charge is 0.480 e. The SMILES string of the molecule is C[C@H]1CN(c2cc(Cl)ccc2OCC(=O)O)CCN1C(=O)Cc1ccc(Cl)cc1. The third-order valence-electron chi connectivity index (χ3n) is 4.83. The molecule has 154 valence electrons. The van der Waals surface area contributed by atoms with E-state index in [1.807, 2.05) is 24.0 Å². The molecule has 2 aromatic carbocycles. The van der Waals surface area contributed by atoms with Crippen molar-refractivity contribution in [3.8, 4) is 5.75 Å². The number of amides is 1. The van der Waals surface area contributed by atoms with Gasteiger partial charge in [0.2, 0.25) is 5.91 Å². The van der Waals surface area contributed by atoms with E-state index >= 15 is 0 Å². The fourth-order valence-electron chi connectivity index (χ4n) is 3.42. The Morgan fingerprint density at radius 3 is 2.45 bits per heavy atom. The fourth-order valence-corrected chi connectivity index (χ4v) is 3.72. The first-order chi connectivity index (χ1) is 13.8. The molecule has 0 aromatic heterocycles. The van der Waals surface area contributed by atoms with Crippen molar-refractivity contribution in [1.82, 2.24) is 4.90 Å². The minimum atomic E-state index is -1.04. The van der Waals surface area contributed by atoms with Gasteiger partial charge in [0.05, 0.1) is 12.1 Å². The smallest absolute Gasteiger partial charge is 0.341 e. The molecule has 0 saturated carbocycles. The summed E-state index contributed by atoms with van der Waals surface area (Å²) in [5.74, 6) is -0.519. The molecule has 0 unspecified atom stereocenters. The zero-order valence-electron chi connectivity index (χ0n) is 16.0. The van der Waals surface area contributed by atoms with Crippen molar-refractivity contribution in [3.05, 3.63) is 58.1 Å². The van der Waals surface area contributed by atoms with Crippen molar-refractivity contribution >= 4 is 40.8 Å². The lowest BCUT2D eigenvalue weighted by molar-refractivity contribution is -0.139. The normalized spacial score (nSPS) is 16.6. The van der Waals surface area contributed by atoms with Crippen molar-refractivity contribution in [1.29, 1.82) is 0 Å². The highest BCUT2D eigenvalue weighted by atomic mass is 35.5. The van der Waals surface area contributed by atoms with E-state index in [0.29, 0.717) is 41.8 Å². The summed E-state index contributed by atoms with van der Waals surface area (Å²) in [6.07, 6.45) is 0.325. The molecular weight excluding hydrogens is 415 g/mol.